The van der Waals surface area contributed by atoms with Crippen LogP contribution in [0.25, 0.3) is 0 Å². The molecular formula is C33H37FN4O3S. The number of rotatable bonds is 9. The van der Waals surface area contributed by atoms with Crippen LogP contribution in [0, 0.1) is 5.82 Å². The average molecular weight is 589 g/mol. The number of fused-ring (bicyclic) bond motifs is 1. The maximum Gasteiger partial charge on any atom is 0.241 e. The number of nitrogens with one attached hydrogen (secondary N) is 1. The van der Waals surface area contributed by atoms with Crippen molar-refractivity contribution >= 4 is 21.6 Å². The Hall–Kier alpha value is -3.82. The van der Waals surface area contributed by atoms with Crippen LogP contribution in [0.2, 0.25) is 0 Å². The zero-order chi connectivity index (χ0) is 30.1. The van der Waals surface area contributed by atoms with Crippen LogP contribution in [-0.2, 0) is 33.8 Å². The normalized spacial score (nSPS) is 16.9. The molecule has 3 aromatic carbocycles. The predicted octanol–water partition coefficient (Wildman–Crippen LogP) is 6.38. The first kappa shape index (κ1) is 29.7. The highest BCUT2D eigenvalue weighted by Crippen LogP contribution is 2.43. The van der Waals surface area contributed by atoms with Gasteiger partial charge in [0.25, 0.3) is 0 Å². The lowest BCUT2D eigenvalue weighted by molar-refractivity contribution is -0.119. The number of halogens is 1. The molecule has 0 saturated carbocycles. The monoisotopic (exact) mass is 588 g/mol. The Morgan fingerprint density at radius 3 is 2.50 bits per heavy atom. The second-order valence-corrected chi connectivity index (χ2v) is 13.5. The predicted molar refractivity (Wildman–Crippen MR) is 162 cm³/mol. The summed E-state index contributed by atoms with van der Waals surface area (Å²) in [5.41, 5.74) is 3.47. The van der Waals surface area contributed by atoms with Gasteiger partial charge in [0.05, 0.1) is 11.4 Å². The SMILES string of the molecule is C[C@H](CC(=O)N(Cc1nccn1C)c1ccc2c(c1)[C@@H](NS(=O)(=O)c1ccc(F)cc1)CCC2(C)C)c1ccccc1. The summed E-state index contributed by atoms with van der Waals surface area (Å²) in [5, 5.41) is 0. The van der Waals surface area contributed by atoms with Crippen molar-refractivity contribution in [2.75, 3.05) is 4.90 Å². The molecule has 42 heavy (non-hydrogen) atoms. The van der Waals surface area contributed by atoms with E-state index >= 15 is 0 Å². The Morgan fingerprint density at radius 1 is 1.12 bits per heavy atom. The van der Waals surface area contributed by atoms with Crippen LogP contribution in [0.15, 0.2) is 90.1 Å². The molecular weight excluding hydrogens is 551 g/mol. The van der Waals surface area contributed by atoms with E-state index in [4.69, 9.17) is 0 Å². The molecule has 1 N–H and O–H groups in total. The van der Waals surface area contributed by atoms with Gasteiger partial charge in [-0.25, -0.2) is 22.5 Å². The summed E-state index contributed by atoms with van der Waals surface area (Å²) in [5.74, 6) is 0.201. The fourth-order valence-electron chi connectivity index (χ4n) is 5.69. The number of amides is 1. The largest absolute Gasteiger partial charge is 0.337 e. The number of imidazole rings is 1. The first-order valence-electron chi connectivity index (χ1n) is 14.2. The Kier molecular flexibility index (Phi) is 8.35. The third kappa shape index (κ3) is 6.32. The standard InChI is InChI=1S/C33H37FN4O3S/c1-23(24-8-6-5-7-9-24)20-32(39)38(22-31-35-18-19-37(31)4)26-12-15-29-28(21-26)30(16-17-33(29,2)3)36-42(40,41)27-13-10-25(34)11-14-27/h5-15,18-19,21,23,30,36H,16-17,20,22H2,1-4H3/t23-,30+/m1/s1. The molecule has 0 radical (unpaired) electrons. The van der Waals surface area contributed by atoms with Crippen molar-refractivity contribution in [3.63, 3.8) is 0 Å². The van der Waals surface area contributed by atoms with Crippen LogP contribution >= 0.6 is 0 Å². The van der Waals surface area contributed by atoms with Gasteiger partial charge in [-0.2, -0.15) is 0 Å². The molecule has 0 unspecified atom stereocenters. The number of aryl methyl sites for hydroxylation is 1. The zero-order valence-electron chi connectivity index (χ0n) is 24.4. The highest BCUT2D eigenvalue weighted by atomic mass is 32.2. The summed E-state index contributed by atoms with van der Waals surface area (Å²) < 4.78 is 44.8. The van der Waals surface area contributed by atoms with Crippen LogP contribution in [0.3, 0.4) is 0 Å². The van der Waals surface area contributed by atoms with Gasteiger partial charge < -0.3 is 9.47 Å². The second-order valence-electron chi connectivity index (χ2n) is 11.8. The maximum absolute atomic E-state index is 13.9. The molecule has 5 rings (SSSR count). The molecule has 1 aromatic heterocycles. The van der Waals surface area contributed by atoms with E-state index in [1.54, 1.807) is 11.1 Å². The number of hydrogen-bond acceptors (Lipinski definition) is 4. The van der Waals surface area contributed by atoms with Crippen molar-refractivity contribution in [2.24, 2.45) is 7.05 Å². The molecule has 1 heterocycles. The first-order valence-corrected chi connectivity index (χ1v) is 15.7. The molecule has 0 spiro atoms. The molecule has 0 saturated heterocycles. The van der Waals surface area contributed by atoms with Crippen molar-refractivity contribution in [1.29, 1.82) is 0 Å². The number of nitrogens with zero attached hydrogens (tertiary/aromatic N) is 3. The minimum atomic E-state index is -3.91. The highest BCUT2D eigenvalue weighted by molar-refractivity contribution is 7.89. The van der Waals surface area contributed by atoms with E-state index in [1.807, 2.05) is 73.3 Å². The van der Waals surface area contributed by atoms with Gasteiger partial charge >= 0.3 is 0 Å². The Labute approximate surface area is 247 Å². The quantitative estimate of drug-likeness (QED) is 0.246. The van der Waals surface area contributed by atoms with E-state index in [1.165, 1.54) is 12.1 Å². The summed E-state index contributed by atoms with van der Waals surface area (Å²) >= 11 is 0. The lowest BCUT2D eigenvalue weighted by atomic mass is 9.71. The third-order valence-electron chi connectivity index (χ3n) is 8.30. The van der Waals surface area contributed by atoms with E-state index < -0.39 is 21.9 Å². The summed E-state index contributed by atoms with van der Waals surface area (Å²) in [6.07, 6.45) is 5.22. The summed E-state index contributed by atoms with van der Waals surface area (Å²) in [4.78, 5) is 20.1. The minimum absolute atomic E-state index is 0.00734. The van der Waals surface area contributed by atoms with Gasteiger partial charge in [-0.15, -0.1) is 0 Å². The molecule has 1 aliphatic carbocycles. The summed E-state index contributed by atoms with van der Waals surface area (Å²) in [6, 6.07) is 20.2. The number of anilines is 1. The molecule has 4 aromatic rings. The van der Waals surface area contributed by atoms with E-state index in [0.717, 1.165) is 41.1 Å². The van der Waals surface area contributed by atoms with E-state index in [0.29, 0.717) is 18.5 Å². The minimum Gasteiger partial charge on any atom is -0.337 e. The Balaban J connectivity index is 1.51. The van der Waals surface area contributed by atoms with Crippen molar-refractivity contribution < 1.29 is 17.6 Å². The van der Waals surface area contributed by atoms with Gasteiger partial charge in [0.2, 0.25) is 15.9 Å². The van der Waals surface area contributed by atoms with Gasteiger partial charge in [-0.1, -0.05) is 57.2 Å². The van der Waals surface area contributed by atoms with Crippen molar-refractivity contribution in [2.45, 2.75) is 68.8 Å². The number of benzene rings is 3. The molecule has 1 amide bonds. The van der Waals surface area contributed by atoms with Crippen LogP contribution in [0.4, 0.5) is 10.1 Å². The maximum atomic E-state index is 13.9. The molecule has 0 bridgehead atoms. The van der Waals surface area contributed by atoms with Crippen LogP contribution in [0.1, 0.15) is 74.5 Å². The van der Waals surface area contributed by atoms with Crippen molar-refractivity contribution in [3.05, 3.63) is 114 Å². The molecule has 0 fully saturated rings. The lowest BCUT2D eigenvalue weighted by Gasteiger charge is -2.38. The van der Waals surface area contributed by atoms with Gasteiger partial charge in [-0.05, 0) is 77.3 Å². The summed E-state index contributed by atoms with van der Waals surface area (Å²) in [7, 11) is -2.01. The summed E-state index contributed by atoms with van der Waals surface area (Å²) in [6.45, 7) is 6.61. The molecule has 1 aliphatic rings. The van der Waals surface area contributed by atoms with Gasteiger partial charge in [0.15, 0.2) is 0 Å². The van der Waals surface area contributed by atoms with Crippen molar-refractivity contribution in [3.8, 4) is 0 Å². The third-order valence-corrected chi connectivity index (χ3v) is 9.79. The number of aromatic nitrogens is 2. The van der Waals surface area contributed by atoms with Crippen molar-refractivity contribution in [1.82, 2.24) is 14.3 Å². The Morgan fingerprint density at radius 2 is 1.83 bits per heavy atom. The molecule has 9 heteroatoms. The number of carbonyl (C=O) groups is 1. The molecule has 220 valence electrons. The average Bonchev–Trinajstić information content (AvgIpc) is 3.37. The zero-order valence-corrected chi connectivity index (χ0v) is 25.2. The van der Waals surface area contributed by atoms with Gasteiger partial charge in [-0.3, -0.25) is 4.79 Å². The second kappa shape index (κ2) is 11.8. The van der Waals surface area contributed by atoms with E-state index in [-0.39, 0.29) is 28.7 Å². The lowest BCUT2D eigenvalue weighted by Crippen LogP contribution is -2.37. The van der Waals surface area contributed by atoms with Gasteiger partial charge in [0.1, 0.15) is 11.6 Å². The first-order chi connectivity index (χ1) is 19.9. The van der Waals surface area contributed by atoms with E-state index in [2.05, 4.69) is 23.6 Å². The topological polar surface area (TPSA) is 84.3 Å². The van der Waals surface area contributed by atoms with Gasteiger partial charge in [0, 0.05) is 37.6 Å². The molecule has 0 aliphatic heterocycles. The highest BCUT2D eigenvalue weighted by Gasteiger charge is 2.35. The number of sulfonamides is 1. The fourth-order valence-corrected chi connectivity index (χ4v) is 6.94. The van der Waals surface area contributed by atoms with Crippen LogP contribution in [0.5, 0.6) is 0 Å². The van der Waals surface area contributed by atoms with E-state index in [9.17, 15) is 17.6 Å². The smallest absolute Gasteiger partial charge is 0.241 e. The Bertz CT molecular complexity index is 1670. The molecule has 7 nitrogen and oxygen atoms in total. The fraction of sp³-hybridized carbons (Fsp3) is 0.333. The van der Waals surface area contributed by atoms with Crippen LogP contribution < -0.4 is 9.62 Å². The number of hydrogen-bond donors (Lipinski definition) is 1. The molecule has 2 atom stereocenters. The number of carbonyl (C=O) groups excluding carboxylic acids is 1. The van der Waals surface area contributed by atoms with Crippen LogP contribution in [-0.4, -0.2) is 23.9 Å².